The summed E-state index contributed by atoms with van der Waals surface area (Å²) in [5.41, 5.74) is 0.177. The van der Waals surface area contributed by atoms with Gasteiger partial charge in [-0.1, -0.05) is 48.5 Å². The molecule has 0 spiro atoms. The number of rotatable bonds is 2. The van der Waals surface area contributed by atoms with E-state index in [1.807, 2.05) is 27.7 Å². The number of nitrogens with zero attached hydrogens (tertiary/aromatic N) is 1. The molecule has 21 heavy (non-hydrogen) atoms. The number of nitrogens with one attached hydrogen (secondary N) is 1. The third kappa shape index (κ3) is 2.36. The zero-order chi connectivity index (χ0) is 16.4. The van der Waals surface area contributed by atoms with Gasteiger partial charge in [-0.3, -0.25) is 9.59 Å². The van der Waals surface area contributed by atoms with Gasteiger partial charge in [0, 0.05) is 6.54 Å². The Balaban J connectivity index is 2.21. The first-order valence-electron chi connectivity index (χ1n) is 7.92. The maximum atomic E-state index is 12.8. The fourth-order valence-corrected chi connectivity index (χ4v) is 3.64. The van der Waals surface area contributed by atoms with Gasteiger partial charge in [0.2, 0.25) is 11.8 Å². The Kier molecular flexibility index (Phi) is 3.47. The summed E-state index contributed by atoms with van der Waals surface area (Å²) in [5.74, 6) is 0.474. The van der Waals surface area contributed by atoms with Crippen LogP contribution in [0, 0.1) is 22.2 Å². The van der Waals surface area contributed by atoms with Crippen molar-refractivity contribution in [2.75, 3.05) is 6.54 Å². The van der Waals surface area contributed by atoms with E-state index >= 15 is 0 Å². The van der Waals surface area contributed by atoms with Gasteiger partial charge in [0.15, 0.2) is 0 Å². The zero-order valence-electron chi connectivity index (χ0n) is 14.7. The van der Waals surface area contributed by atoms with Crippen molar-refractivity contribution in [3.63, 3.8) is 0 Å². The average molecular weight is 294 g/mol. The van der Waals surface area contributed by atoms with Gasteiger partial charge >= 0.3 is 0 Å². The summed E-state index contributed by atoms with van der Waals surface area (Å²) in [7, 11) is 0. The highest BCUT2D eigenvalue weighted by molar-refractivity contribution is 5.97. The van der Waals surface area contributed by atoms with Crippen molar-refractivity contribution >= 4 is 11.8 Å². The molecule has 4 nitrogen and oxygen atoms in total. The lowest BCUT2D eigenvalue weighted by Crippen LogP contribution is -2.66. The van der Waals surface area contributed by atoms with Crippen LogP contribution < -0.4 is 5.32 Å². The number of carbonyl (C=O) groups excluding carboxylic acids is 2. The van der Waals surface area contributed by atoms with E-state index in [4.69, 9.17) is 0 Å². The summed E-state index contributed by atoms with van der Waals surface area (Å²) in [6, 6.07) is -0.797. The second-order valence-electron chi connectivity index (χ2n) is 8.97. The minimum absolute atomic E-state index is 0.0363. The van der Waals surface area contributed by atoms with Crippen LogP contribution in [0.1, 0.15) is 55.4 Å². The Hall–Kier alpha value is -1.06. The van der Waals surface area contributed by atoms with Crippen molar-refractivity contribution in [1.82, 2.24) is 10.2 Å². The van der Waals surface area contributed by atoms with Crippen LogP contribution in [0.2, 0.25) is 0 Å². The Morgan fingerprint density at radius 1 is 1.10 bits per heavy atom. The normalized spacial score (nSPS) is 32.1. The lowest BCUT2D eigenvalue weighted by atomic mass is 9.84. The van der Waals surface area contributed by atoms with E-state index in [1.165, 1.54) is 0 Å². The molecule has 0 aromatic carbocycles. The van der Waals surface area contributed by atoms with Gasteiger partial charge in [-0.05, 0) is 29.1 Å². The summed E-state index contributed by atoms with van der Waals surface area (Å²) in [6.07, 6.45) is 0. The first kappa shape index (κ1) is 16.3. The molecule has 120 valence electrons. The Morgan fingerprint density at radius 3 is 1.95 bits per heavy atom. The molecule has 1 saturated carbocycles. The van der Waals surface area contributed by atoms with E-state index in [9.17, 15) is 9.59 Å². The third-order valence-corrected chi connectivity index (χ3v) is 6.23. The molecule has 0 aromatic rings. The molecule has 2 fully saturated rings. The molecule has 2 aliphatic rings. The van der Waals surface area contributed by atoms with E-state index in [-0.39, 0.29) is 34.1 Å². The molecule has 2 unspecified atom stereocenters. The molecule has 1 aliphatic carbocycles. The van der Waals surface area contributed by atoms with Crippen molar-refractivity contribution in [1.29, 1.82) is 0 Å². The highest BCUT2D eigenvalue weighted by Crippen LogP contribution is 2.68. The molecule has 0 radical (unpaired) electrons. The molecule has 2 rings (SSSR count). The van der Waals surface area contributed by atoms with Crippen molar-refractivity contribution in [3.05, 3.63) is 0 Å². The van der Waals surface area contributed by atoms with Crippen LogP contribution in [0.25, 0.3) is 0 Å². The number of carbonyl (C=O) groups is 2. The third-order valence-electron chi connectivity index (χ3n) is 6.23. The minimum atomic E-state index is -0.425. The Morgan fingerprint density at radius 2 is 1.57 bits per heavy atom. The van der Waals surface area contributed by atoms with Crippen molar-refractivity contribution in [2.24, 2.45) is 22.2 Å². The van der Waals surface area contributed by atoms with Crippen molar-refractivity contribution < 1.29 is 9.59 Å². The molecule has 2 atom stereocenters. The number of amides is 2. The highest BCUT2D eigenvalue weighted by atomic mass is 16.2. The number of piperazine rings is 1. The van der Waals surface area contributed by atoms with Crippen LogP contribution in [0.3, 0.4) is 0 Å². The quantitative estimate of drug-likeness (QED) is 0.850. The van der Waals surface area contributed by atoms with Crippen LogP contribution in [0.5, 0.6) is 0 Å². The van der Waals surface area contributed by atoms with Gasteiger partial charge in [-0.2, -0.15) is 0 Å². The van der Waals surface area contributed by atoms with Crippen molar-refractivity contribution in [3.8, 4) is 0 Å². The molecule has 0 aromatic heterocycles. The zero-order valence-corrected chi connectivity index (χ0v) is 14.7. The van der Waals surface area contributed by atoms with E-state index in [0.29, 0.717) is 12.5 Å². The molecular formula is C17H30N2O2. The van der Waals surface area contributed by atoms with Gasteiger partial charge in [-0.15, -0.1) is 0 Å². The van der Waals surface area contributed by atoms with E-state index in [0.717, 1.165) is 0 Å². The largest absolute Gasteiger partial charge is 0.342 e. The summed E-state index contributed by atoms with van der Waals surface area (Å²) in [5, 5.41) is 2.89. The van der Waals surface area contributed by atoms with Crippen molar-refractivity contribution in [2.45, 2.75) is 67.5 Å². The second kappa shape index (κ2) is 4.47. The lowest BCUT2D eigenvalue weighted by Gasteiger charge is -2.42. The molecule has 1 N–H and O–H groups in total. The van der Waals surface area contributed by atoms with Gasteiger partial charge < -0.3 is 10.2 Å². The summed E-state index contributed by atoms with van der Waals surface area (Å²) in [6.45, 7) is 17.5. The Labute approximate surface area is 128 Å². The molecule has 4 heteroatoms. The molecule has 1 heterocycles. The smallest absolute Gasteiger partial charge is 0.246 e. The molecule has 1 aliphatic heterocycles. The first-order valence-corrected chi connectivity index (χ1v) is 7.92. The van der Waals surface area contributed by atoms with Gasteiger partial charge in [-0.25, -0.2) is 0 Å². The van der Waals surface area contributed by atoms with Crippen LogP contribution >= 0.6 is 0 Å². The summed E-state index contributed by atoms with van der Waals surface area (Å²) in [4.78, 5) is 26.9. The van der Waals surface area contributed by atoms with E-state index in [1.54, 1.807) is 4.90 Å². The van der Waals surface area contributed by atoms with Crippen LogP contribution in [0.4, 0.5) is 0 Å². The van der Waals surface area contributed by atoms with Crippen LogP contribution in [-0.2, 0) is 9.59 Å². The predicted molar refractivity (Wildman–Crippen MR) is 83.6 cm³/mol. The standard InChI is InChI=1S/C17H30N2O2/c1-10-13(20)18-12(15(2,3)4)14(21)19(10)9-11-16(5,6)17(11,7)8/h10-12H,9H2,1-8H3,(H,18,20). The molecular weight excluding hydrogens is 264 g/mol. The topological polar surface area (TPSA) is 49.4 Å². The minimum Gasteiger partial charge on any atom is -0.342 e. The lowest BCUT2D eigenvalue weighted by molar-refractivity contribution is -0.152. The molecule has 0 bridgehead atoms. The highest BCUT2D eigenvalue weighted by Gasteiger charge is 2.65. The van der Waals surface area contributed by atoms with E-state index < -0.39 is 6.04 Å². The molecule has 1 saturated heterocycles. The number of hydrogen-bond donors (Lipinski definition) is 1. The monoisotopic (exact) mass is 294 g/mol. The summed E-state index contributed by atoms with van der Waals surface area (Å²) < 4.78 is 0. The molecule has 2 amide bonds. The maximum absolute atomic E-state index is 12.8. The van der Waals surface area contributed by atoms with Gasteiger partial charge in [0.05, 0.1) is 0 Å². The maximum Gasteiger partial charge on any atom is 0.246 e. The van der Waals surface area contributed by atoms with Gasteiger partial charge in [0.25, 0.3) is 0 Å². The average Bonchev–Trinajstić information content (AvgIpc) is 2.69. The van der Waals surface area contributed by atoms with E-state index in [2.05, 4.69) is 33.0 Å². The van der Waals surface area contributed by atoms with Gasteiger partial charge in [0.1, 0.15) is 12.1 Å². The fourth-order valence-electron chi connectivity index (χ4n) is 3.64. The van der Waals surface area contributed by atoms with Crippen LogP contribution in [-0.4, -0.2) is 35.3 Å². The van der Waals surface area contributed by atoms with Crippen LogP contribution in [0.15, 0.2) is 0 Å². The first-order chi connectivity index (χ1) is 9.31. The summed E-state index contributed by atoms with van der Waals surface area (Å²) >= 11 is 0. The second-order valence-corrected chi connectivity index (χ2v) is 8.97. The predicted octanol–water partition coefficient (Wildman–Crippen LogP) is 2.43. The Bertz CT molecular complexity index is 460. The SMILES string of the molecule is CC1C(=O)NC(C(C)(C)C)C(=O)N1CC1C(C)(C)C1(C)C. The fraction of sp³-hybridized carbons (Fsp3) is 0.882. The number of hydrogen-bond acceptors (Lipinski definition) is 2.